The maximum atomic E-state index is 4.26. The third-order valence-electron chi connectivity index (χ3n) is 1.94. The molecule has 12 heavy (non-hydrogen) atoms. The summed E-state index contributed by atoms with van der Waals surface area (Å²) in [5, 5.41) is 12.1. The highest BCUT2D eigenvalue weighted by Crippen LogP contribution is 2.07. The van der Waals surface area contributed by atoms with Crippen LogP contribution in [0.25, 0.3) is 0 Å². The van der Waals surface area contributed by atoms with E-state index in [1.807, 2.05) is 12.1 Å². The van der Waals surface area contributed by atoms with E-state index in [1.54, 1.807) is 6.20 Å². The SMILES string of the molecule is c1cnnc(N2CC[N]CC2)c1. The molecule has 0 atom stereocenters. The van der Waals surface area contributed by atoms with E-state index in [1.165, 1.54) is 0 Å². The molecule has 4 heteroatoms. The van der Waals surface area contributed by atoms with Gasteiger partial charge in [-0.05, 0) is 12.1 Å². The van der Waals surface area contributed by atoms with Crippen LogP contribution in [-0.2, 0) is 0 Å². The topological polar surface area (TPSA) is 43.1 Å². The van der Waals surface area contributed by atoms with Gasteiger partial charge in [-0.1, -0.05) is 0 Å². The zero-order valence-corrected chi connectivity index (χ0v) is 6.85. The first-order chi connectivity index (χ1) is 5.97. The number of rotatable bonds is 1. The van der Waals surface area contributed by atoms with Crippen molar-refractivity contribution < 1.29 is 0 Å². The number of aromatic nitrogens is 2. The lowest BCUT2D eigenvalue weighted by atomic mass is 10.3. The van der Waals surface area contributed by atoms with Crippen LogP contribution in [0.5, 0.6) is 0 Å². The Bertz CT molecular complexity index is 230. The molecule has 1 aromatic rings. The molecule has 4 nitrogen and oxygen atoms in total. The van der Waals surface area contributed by atoms with Gasteiger partial charge >= 0.3 is 0 Å². The van der Waals surface area contributed by atoms with E-state index in [0.717, 1.165) is 32.0 Å². The minimum absolute atomic E-state index is 0.913. The Kier molecular flexibility index (Phi) is 2.18. The molecule has 0 amide bonds. The third kappa shape index (κ3) is 1.53. The molecule has 0 bridgehead atoms. The zero-order valence-electron chi connectivity index (χ0n) is 6.85. The Labute approximate surface area is 71.6 Å². The maximum absolute atomic E-state index is 4.26. The van der Waals surface area contributed by atoms with Crippen LogP contribution in [-0.4, -0.2) is 36.4 Å². The summed E-state index contributed by atoms with van der Waals surface area (Å²) in [6.45, 7) is 3.77. The predicted octanol–water partition coefficient (Wildman–Crippen LogP) is -0.0990. The molecule has 2 heterocycles. The smallest absolute Gasteiger partial charge is 0.151 e. The minimum Gasteiger partial charge on any atom is -0.352 e. The van der Waals surface area contributed by atoms with Gasteiger partial charge in [-0.3, -0.25) is 0 Å². The fraction of sp³-hybridized carbons (Fsp3) is 0.500. The van der Waals surface area contributed by atoms with Gasteiger partial charge in [-0.15, -0.1) is 5.10 Å². The van der Waals surface area contributed by atoms with Crippen molar-refractivity contribution in [3.05, 3.63) is 18.3 Å². The van der Waals surface area contributed by atoms with E-state index in [0.29, 0.717) is 0 Å². The molecule has 0 spiro atoms. The third-order valence-corrected chi connectivity index (χ3v) is 1.94. The van der Waals surface area contributed by atoms with Gasteiger partial charge in [-0.2, -0.15) is 5.10 Å². The van der Waals surface area contributed by atoms with Crippen LogP contribution in [0.4, 0.5) is 5.82 Å². The van der Waals surface area contributed by atoms with Crippen LogP contribution in [0, 0.1) is 0 Å². The lowest BCUT2D eigenvalue weighted by Gasteiger charge is -2.26. The average molecular weight is 163 g/mol. The van der Waals surface area contributed by atoms with Crippen LogP contribution in [0.2, 0.25) is 0 Å². The van der Waals surface area contributed by atoms with Crippen molar-refractivity contribution in [3.63, 3.8) is 0 Å². The second kappa shape index (κ2) is 3.49. The Morgan fingerprint density at radius 2 is 2.08 bits per heavy atom. The van der Waals surface area contributed by atoms with Gasteiger partial charge in [0.2, 0.25) is 0 Å². The molecule has 2 rings (SSSR count). The Hall–Kier alpha value is -1.16. The first kappa shape index (κ1) is 7.49. The molecule has 1 aliphatic heterocycles. The van der Waals surface area contributed by atoms with Gasteiger partial charge in [0.05, 0.1) is 0 Å². The van der Waals surface area contributed by atoms with Crippen molar-refractivity contribution in [1.29, 1.82) is 0 Å². The molecule has 1 aromatic heterocycles. The van der Waals surface area contributed by atoms with Crippen molar-refractivity contribution in [3.8, 4) is 0 Å². The molecule has 0 aromatic carbocycles. The molecule has 0 unspecified atom stereocenters. The van der Waals surface area contributed by atoms with Crippen LogP contribution in [0.1, 0.15) is 0 Å². The van der Waals surface area contributed by atoms with Gasteiger partial charge < -0.3 is 4.90 Å². The van der Waals surface area contributed by atoms with Crippen LogP contribution in [0.15, 0.2) is 18.3 Å². The summed E-state index contributed by atoms with van der Waals surface area (Å²) in [5.74, 6) is 0.965. The predicted molar refractivity (Wildman–Crippen MR) is 46.1 cm³/mol. The van der Waals surface area contributed by atoms with Crippen LogP contribution in [0.3, 0.4) is 0 Å². The Morgan fingerprint density at radius 3 is 2.75 bits per heavy atom. The van der Waals surface area contributed by atoms with Crippen molar-refractivity contribution in [2.75, 3.05) is 31.1 Å². The first-order valence-corrected chi connectivity index (χ1v) is 4.13. The van der Waals surface area contributed by atoms with Gasteiger partial charge in [-0.25, -0.2) is 5.32 Å². The number of hydrogen-bond acceptors (Lipinski definition) is 3. The molecule has 0 N–H and O–H groups in total. The lowest BCUT2D eigenvalue weighted by molar-refractivity contribution is 0.573. The molecular formula is C8H11N4. The summed E-state index contributed by atoms with van der Waals surface area (Å²) < 4.78 is 0. The van der Waals surface area contributed by atoms with Crippen molar-refractivity contribution in [1.82, 2.24) is 15.5 Å². The highest BCUT2D eigenvalue weighted by Gasteiger charge is 2.11. The zero-order chi connectivity index (χ0) is 8.23. The van der Waals surface area contributed by atoms with E-state index >= 15 is 0 Å². The number of nitrogens with zero attached hydrogens (tertiary/aromatic N) is 4. The monoisotopic (exact) mass is 163 g/mol. The largest absolute Gasteiger partial charge is 0.352 e. The Morgan fingerprint density at radius 1 is 1.25 bits per heavy atom. The summed E-state index contributed by atoms with van der Waals surface area (Å²) in [4.78, 5) is 2.21. The molecule has 1 fully saturated rings. The van der Waals surface area contributed by atoms with Crippen LogP contribution >= 0.6 is 0 Å². The quantitative estimate of drug-likeness (QED) is 0.580. The van der Waals surface area contributed by atoms with Crippen LogP contribution < -0.4 is 10.2 Å². The Balaban J connectivity index is 2.08. The fourth-order valence-electron chi connectivity index (χ4n) is 1.30. The molecule has 63 valence electrons. The lowest BCUT2D eigenvalue weighted by Crippen LogP contribution is -2.40. The van der Waals surface area contributed by atoms with Gasteiger partial charge in [0.1, 0.15) is 0 Å². The fourth-order valence-corrected chi connectivity index (χ4v) is 1.30. The molecule has 1 radical (unpaired) electrons. The summed E-state index contributed by atoms with van der Waals surface area (Å²) in [6.07, 6.45) is 1.69. The van der Waals surface area contributed by atoms with Gasteiger partial charge in [0.15, 0.2) is 5.82 Å². The average Bonchev–Trinajstić information content (AvgIpc) is 2.21. The summed E-state index contributed by atoms with van der Waals surface area (Å²) in [6, 6.07) is 3.90. The van der Waals surface area contributed by atoms with E-state index in [4.69, 9.17) is 0 Å². The van der Waals surface area contributed by atoms with Gasteiger partial charge in [0.25, 0.3) is 0 Å². The number of hydrogen-bond donors (Lipinski definition) is 0. The highest BCUT2D eigenvalue weighted by atomic mass is 15.3. The maximum Gasteiger partial charge on any atom is 0.151 e. The molecule has 1 aliphatic rings. The van der Waals surface area contributed by atoms with Crippen molar-refractivity contribution in [2.45, 2.75) is 0 Å². The normalized spacial score (nSPS) is 17.8. The summed E-state index contributed by atoms with van der Waals surface area (Å²) in [5.41, 5.74) is 0. The number of anilines is 1. The van der Waals surface area contributed by atoms with E-state index in [2.05, 4.69) is 20.4 Å². The highest BCUT2D eigenvalue weighted by molar-refractivity contribution is 5.36. The molecule has 0 saturated carbocycles. The molecular weight excluding hydrogens is 152 g/mol. The molecule has 1 saturated heterocycles. The molecule has 0 aliphatic carbocycles. The second-order valence-corrected chi connectivity index (χ2v) is 2.74. The standard InChI is InChI=1S/C8H11N4/c1-2-8(11-10-3-1)12-6-4-9-5-7-12/h1-3H,4-7H2. The van der Waals surface area contributed by atoms with Crippen molar-refractivity contribution >= 4 is 5.82 Å². The van der Waals surface area contributed by atoms with Crippen molar-refractivity contribution in [2.24, 2.45) is 0 Å². The first-order valence-electron chi connectivity index (χ1n) is 4.13. The van der Waals surface area contributed by atoms with E-state index in [9.17, 15) is 0 Å². The summed E-state index contributed by atoms with van der Waals surface area (Å²) >= 11 is 0. The second-order valence-electron chi connectivity index (χ2n) is 2.74. The van der Waals surface area contributed by atoms with E-state index < -0.39 is 0 Å². The van der Waals surface area contributed by atoms with E-state index in [-0.39, 0.29) is 0 Å². The minimum atomic E-state index is 0.913. The number of piperazine rings is 1. The van der Waals surface area contributed by atoms with Gasteiger partial charge in [0, 0.05) is 32.4 Å². The summed E-state index contributed by atoms with van der Waals surface area (Å²) in [7, 11) is 0.